The molecule has 0 unspecified atom stereocenters. The standard InChI is InChI=1S/C20H27N7O2/c1-14(2)23-18(28)16-15-6-3-4-9-27(15)17(24-16)19(29)25-10-12-26(13-11-25)20-21-7-5-8-22-20/h5,7-8,14H,3-4,6,9-13H2,1-2H3,(H,23,28). The lowest BCUT2D eigenvalue weighted by molar-refractivity contribution is 0.0727. The van der Waals surface area contributed by atoms with Crippen molar-refractivity contribution in [2.45, 2.75) is 45.7 Å². The number of piperazine rings is 1. The Bertz CT molecular complexity index is 886. The number of nitrogens with zero attached hydrogens (tertiary/aromatic N) is 6. The van der Waals surface area contributed by atoms with Crippen molar-refractivity contribution in [2.75, 3.05) is 31.1 Å². The van der Waals surface area contributed by atoms with Crippen molar-refractivity contribution >= 4 is 17.8 Å². The first-order chi connectivity index (χ1) is 14.0. The zero-order valence-electron chi connectivity index (χ0n) is 17.0. The van der Waals surface area contributed by atoms with E-state index in [-0.39, 0.29) is 17.9 Å². The molecule has 0 bridgehead atoms. The van der Waals surface area contributed by atoms with E-state index in [1.165, 1.54) is 0 Å². The monoisotopic (exact) mass is 397 g/mol. The van der Waals surface area contributed by atoms with Crippen molar-refractivity contribution in [3.05, 3.63) is 35.7 Å². The number of hydrogen-bond acceptors (Lipinski definition) is 6. The van der Waals surface area contributed by atoms with Gasteiger partial charge in [-0.1, -0.05) is 0 Å². The third-order valence-corrected chi connectivity index (χ3v) is 5.35. The minimum absolute atomic E-state index is 0.0240. The largest absolute Gasteiger partial charge is 0.348 e. The molecule has 4 rings (SSSR count). The molecule has 9 nitrogen and oxygen atoms in total. The average Bonchev–Trinajstić information content (AvgIpc) is 3.13. The molecule has 154 valence electrons. The van der Waals surface area contributed by atoms with Crippen LogP contribution in [0.15, 0.2) is 18.5 Å². The maximum atomic E-state index is 13.2. The number of rotatable bonds is 4. The highest BCUT2D eigenvalue weighted by Crippen LogP contribution is 2.23. The molecular formula is C20H27N7O2. The molecule has 2 aliphatic rings. The first-order valence-corrected chi connectivity index (χ1v) is 10.3. The van der Waals surface area contributed by atoms with Crippen LogP contribution < -0.4 is 10.2 Å². The van der Waals surface area contributed by atoms with Crippen LogP contribution in [0.4, 0.5) is 5.95 Å². The number of carbonyl (C=O) groups excluding carboxylic acids is 2. The molecule has 1 N–H and O–H groups in total. The molecule has 9 heteroatoms. The van der Waals surface area contributed by atoms with Crippen LogP contribution in [0.25, 0.3) is 0 Å². The van der Waals surface area contributed by atoms with Gasteiger partial charge >= 0.3 is 0 Å². The van der Waals surface area contributed by atoms with Crippen molar-refractivity contribution < 1.29 is 9.59 Å². The maximum Gasteiger partial charge on any atom is 0.290 e. The van der Waals surface area contributed by atoms with E-state index in [4.69, 9.17) is 0 Å². The van der Waals surface area contributed by atoms with Crippen molar-refractivity contribution in [1.82, 2.24) is 29.7 Å². The van der Waals surface area contributed by atoms with Gasteiger partial charge in [0.1, 0.15) is 5.69 Å². The normalized spacial score (nSPS) is 16.7. The van der Waals surface area contributed by atoms with E-state index in [1.54, 1.807) is 18.5 Å². The molecular weight excluding hydrogens is 370 g/mol. The summed E-state index contributed by atoms with van der Waals surface area (Å²) in [5, 5.41) is 2.90. The van der Waals surface area contributed by atoms with Crippen molar-refractivity contribution in [2.24, 2.45) is 0 Å². The molecule has 0 saturated carbocycles. The Morgan fingerprint density at radius 2 is 1.76 bits per heavy atom. The molecule has 1 saturated heterocycles. The summed E-state index contributed by atoms with van der Waals surface area (Å²) in [5.41, 5.74) is 1.28. The van der Waals surface area contributed by atoms with Crippen LogP contribution in [0.5, 0.6) is 0 Å². The topological polar surface area (TPSA) is 96.2 Å². The maximum absolute atomic E-state index is 13.2. The summed E-state index contributed by atoms with van der Waals surface area (Å²) in [5.74, 6) is 0.768. The summed E-state index contributed by atoms with van der Waals surface area (Å²) in [6.07, 6.45) is 6.23. The lowest BCUT2D eigenvalue weighted by Crippen LogP contribution is -2.49. The van der Waals surface area contributed by atoms with Crippen molar-refractivity contribution in [1.29, 1.82) is 0 Å². The molecule has 2 aromatic heterocycles. The molecule has 2 amide bonds. The van der Waals surface area contributed by atoms with Gasteiger partial charge in [-0.2, -0.15) is 0 Å². The summed E-state index contributed by atoms with van der Waals surface area (Å²) >= 11 is 0. The van der Waals surface area contributed by atoms with E-state index in [0.29, 0.717) is 43.6 Å². The van der Waals surface area contributed by atoms with E-state index in [0.717, 1.165) is 31.5 Å². The third-order valence-electron chi connectivity index (χ3n) is 5.35. The molecule has 0 spiro atoms. The predicted molar refractivity (Wildman–Crippen MR) is 108 cm³/mol. The second-order valence-electron chi connectivity index (χ2n) is 7.80. The molecule has 0 atom stereocenters. The highest BCUT2D eigenvalue weighted by Gasteiger charge is 2.31. The molecule has 0 aliphatic carbocycles. The quantitative estimate of drug-likeness (QED) is 0.830. The van der Waals surface area contributed by atoms with E-state index in [1.807, 2.05) is 23.3 Å². The summed E-state index contributed by atoms with van der Waals surface area (Å²) in [7, 11) is 0. The molecule has 0 aromatic carbocycles. The summed E-state index contributed by atoms with van der Waals surface area (Å²) in [4.78, 5) is 42.8. The van der Waals surface area contributed by atoms with Gasteiger partial charge in [0, 0.05) is 51.2 Å². The zero-order chi connectivity index (χ0) is 20.4. The fraction of sp³-hybridized carbons (Fsp3) is 0.550. The predicted octanol–water partition coefficient (Wildman–Crippen LogP) is 1.11. The Morgan fingerprint density at radius 1 is 1.03 bits per heavy atom. The summed E-state index contributed by atoms with van der Waals surface area (Å²) in [6.45, 7) is 7.06. The Labute approximate surface area is 170 Å². The first kappa shape index (κ1) is 19.4. The van der Waals surface area contributed by atoms with Gasteiger partial charge < -0.3 is 19.7 Å². The van der Waals surface area contributed by atoms with Crippen LogP contribution in [0.3, 0.4) is 0 Å². The van der Waals surface area contributed by atoms with Crippen molar-refractivity contribution in [3.8, 4) is 0 Å². The van der Waals surface area contributed by atoms with Gasteiger partial charge in [-0.3, -0.25) is 9.59 Å². The zero-order valence-corrected chi connectivity index (χ0v) is 17.0. The molecule has 29 heavy (non-hydrogen) atoms. The van der Waals surface area contributed by atoms with E-state index >= 15 is 0 Å². The van der Waals surface area contributed by atoms with Gasteiger partial charge in [0.05, 0.1) is 5.69 Å². The molecule has 4 heterocycles. The number of amides is 2. The Kier molecular flexibility index (Phi) is 5.46. The van der Waals surface area contributed by atoms with E-state index in [9.17, 15) is 9.59 Å². The van der Waals surface area contributed by atoms with E-state index < -0.39 is 0 Å². The summed E-state index contributed by atoms with van der Waals surface area (Å²) < 4.78 is 1.95. The molecule has 0 radical (unpaired) electrons. The van der Waals surface area contributed by atoms with Gasteiger partial charge in [-0.25, -0.2) is 15.0 Å². The number of hydrogen-bond donors (Lipinski definition) is 1. The number of carbonyl (C=O) groups is 2. The second kappa shape index (κ2) is 8.18. The Hall–Kier alpha value is -2.97. The van der Waals surface area contributed by atoms with Gasteiger partial charge in [-0.15, -0.1) is 0 Å². The smallest absolute Gasteiger partial charge is 0.290 e. The SMILES string of the molecule is CC(C)NC(=O)c1nc(C(=O)N2CCN(c3ncccn3)CC2)n2c1CCCC2. The van der Waals surface area contributed by atoms with Gasteiger partial charge in [0.25, 0.3) is 11.8 Å². The molecule has 1 fully saturated rings. The Balaban J connectivity index is 1.52. The lowest BCUT2D eigenvalue weighted by Gasteiger charge is -2.34. The lowest BCUT2D eigenvalue weighted by atomic mass is 10.1. The number of anilines is 1. The number of fused-ring (bicyclic) bond motifs is 1. The molecule has 2 aliphatic heterocycles. The highest BCUT2D eigenvalue weighted by atomic mass is 16.2. The second-order valence-corrected chi connectivity index (χ2v) is 7.80. The van der Waals surface area contributed by atoms with Gasteiger partial charge in [-0.05, 0) is 39.2 Å². The van der Waals surface area contributed by atoms with Crippen LogP contribution >= 0.6 is 0 Å². The van der Waals surface area contributed by atoms with Crippen LogP contribution in [-0.4, -0.2) is 68.5 Å². The van der Waals surface area contributed by atoms with Crippen LogP contribution in [-0.2, 0) is 13.0 Å². The van der Waals surface area contributed by atoms with Crippen molar-refractivity contribution in [3.63, 3.8) is 0 Å². The van der Waals surface area contributed by atoms with Crippen LogP contribution in [0.2, 0.25) is 0 Å². The van der Waals surface area contributed by atoms with Gasteiger partial charge in [0.15, 0.2) is 5.82 Å². The fourth-order valence-corrected chi connectivity index (χ4v) is 3.92. The number of imidazole rings is 1. The van der Waals surface area contributed by atoms with E-state index in [2.05, 4.69) is 25.2 Å². The highest BCUT2D eigenvalue weighted by molar-refractivity contribution is 5.97. The third kappa shape index (κ3) is 3.94. The average molecular weight is 397 g/mol. The first-order valence-electron chi connectivity index (χ1n) is 10.3. The van der Waals surface area contributed by atoms with Crippen LogP contribution in [0.1, 0.15) is 53.5 Å². The number of aromatic nitrogens is 4. The Morgan fingerprint density at radius 3 is 2.45 bits per heavy atom. The van der Waals surface area contributed by atoms with Crippen LogP contribution in [0, 0.1) is 0 Å². The minimum Gasteiger partial charge on any atom is -0.348 e. The minimum atomic E-state index is -0.198. The fourth-order valence-electron chi connectivity index (χ4n) is 3.92. The summed E-state index contributed by atoms with van der Waals surface area (Å²) in [6, 6.07) is 1.81. The van der Waals surface area contributed by atoms with Gasteiger partial charge in [0.2, 0.25) is 5.95 Å². The number of nitrogens with one attached hydrogen (secondary N) is 1. The molecule has 2 aromatic rings.